The van der Waals surface area contributed by atoms with Gasteiger partial charge in [-0.05, 0) is 62.4 Å². The number of nitrogens with zero attached hydrogens (tertiary/aromatic N) is 2. The summed E-state index contributed by atoms with van der Waals surface area (Å²) in [5.41, 5.74) is 4.88. The number of nitrogens with one attached hydrogen (secondary N) is 1. The molecule has 0 aliphatic carbocycles. The predicted octanol–water partition coefficient (Wildman–Crippen LogP) is 4.16. The number of fused-ring (bicyclic) bond motifs is 1. The fraction of sp³-hybridized carbons (Fsp3) is 0.200. The maximum Gasteiger partial charge on any atom is 0.264 e. The SMILES string of the molecule is C/C(=N/NC(=O)CN(c1cccc(Cl)c1)S(=O)(=O)c1ccc(C)cc1)c1ccc2c(c1)OCCO2. The molecule has 0 fully saturated rings. The van der Waals surface area contributed by atoms with Crippen LogP contribution in [0.1, 0.15) is 18.1 Å². The smallest absolute Gasteiger partial charge is 0.264 e. The number of sulfonamides is 1. The number of amides is 1. The highest BCUT2D eigenvalue weighted by atomic mass is 35.5. The lowest BCUT2D eigenvalue weighted by atomic mass is 10.1. The highest BCUT2D eigenvalue weighted by Crippen LogP contribution is 2.31. The standard InChI is InChI=1S/C25H24ClN3O5S/c1-17-6-9-22(10-7-17)35(31,32)29(21-5-3-4-20(26)15-21)16-25(30)28-27-18(2)19-8-11-23-24(14-19)34-13-12-33-23/h3-11,14-15H,12-13,16H2,1-2H3,(H,28,30)/b27-18-. The van der Waals surface area contributed by atoms with Crippen LogP contribution in [0.2, 0.25) is 5.02 Å². The number of benzene rings is 3. The second-order valence-corrected chi connectivity index (χ2v) is 10.2. The van der Waals surface area contributed by atoms with E-state index in [1.807, 2.05) is 6.92 Å². The molecule has 0 saturated heterocycles. The molecule has 0 bridgehead atoms. The van der Waals surface area contributed by atoms with Gasteiger partial charge < -0.3 is 9.47 Å². The van der Waals surface area contributed by atoms with E-state index in [0.717, 1.165) is 15.4 Å². The van der Waals surface area contributed by atoms with Crippen molar-refractivity contribution < 1.29 is 22.7 Å². The molecule has 1 aliphatic rings. The van der Waals surface area contributed by atoms with Crippen LogP contribution in [0.3, 0.4) is 0 Å². The van der Waals surface area contributed by atoms with Crippen LogP contribution in [0.25, 0.3) is 0 Å². The Labute approximate surface area is 209 Å². The minimum absolute atomic E-state index is 0.0619. The van der Waals surface area contributed by atoms with E-state index >= 15 is 0 Å². The van der Waals surface area contributed by atoms with Gasteiger partial charge in [0.15, 0.2) is 11.5 Å². The molecule has 35 heavy (non-hydrogen) atoms. The van der Waals surface area contributed by atoms with Gasteiger partial charge in [-0.25, -0.2) is 13.8 Å². The molecule has 0 aromatic heterocycles. The normalized spacial score (nSPS) is 13.3. The molecule has 0 radical (unpaired) electrons. The van der Waals surface area contributed by atoms with Crippen LogP contribution in [-0.4, -0.2) is 39.8 Å². The van der Waals surface area contributed by atoms with Crippen LogP contribution >= 0.6 is 11.6 Å². The lowest BCUT2D eigenvalue weighted by Gasteiger charge is -2.24. The first-order chi connectivity index (χ1) is 16.7. The molecule has 0 unspecified atom stereocenters. The Morgan fingerprint density at radius 2 is 1.74 bits per heavy atom. The third kappa shape index (κ3) is 5.75. The summed E-state index contributed by atoms with van der Waals surface area (Å²) in [6.07, 6.45) is 0. The van der Waals surface area contributed by atoms with Crippen LogP contribution in [0.4, 0.5) is 5.69 Å². The number of hydrazone groups is 1. The Kier molecular flexibility index (Phi) is 7.28. The molecule has 1 heterocycles. The number of hydrogen-bond donors (Lipinski definition) is 1. The Hall–Kier alpha value is -3.56. The summed E-state index contributed by atoms with van der Waals surface area (Å²) in [5.74, 6) is 0.638. The lowest BCUT2D eigenvalue weighted by Crippen LogP contribution is -2.39. The van der Waals surface area contributed by atoms with Crippen LogP contribution in [0.15, 0.2) is 76.7 Å². The minimum Gasteiger partial charge on any atom is -0.486 e. The van der Waals surface area contributed by atoms with Gasteiger partial charge in [-0.1, -0.05) is 35.4 Å². The molecule has 0 spiro atoms. The number of carbonyl (C=O) groups is 1. The minimum atomic E-state index is -4.05. The van der Waals surface area contributed by atoms with Crippen molar-refractivity contribution in [3.63, 3.8) is 0 Å². The number of halogens is 1. The molecule has 10 heteroatoms. The molecule has 1 amide bonds. The van der Waals surface area contributed by atoms with Gasteiger partial charge in [0, 0.05) is 10.6 Å². The summed E-state index contributed by atoms with van der Waals surface area (Å²) in [7, 11) is -4.05. The number of aryl methyl sites for hydroxylation is 1. The Bertz CT molecular complexity index is 1370. The number of hydrogen-bond acceptors (Lipinski definition) is 6. The molecule has 1 aliphatic heterocycles. The van der Waals surface area contributed by atoms with Crippen LogP contribution in [-0.2, 0) is 14.8 Å². The van der Waals surface area contributed by atoms with Crippen molar-refractivity contribution in [1.29, 1.82) is 0 Å². The van der Waals surface area contributed by atoms with E-state index < -0.39 is 22.5 Å². The summed E-state index contributed by atoms with van der Waals surface area (Å²) in [6, 6.07) is 18.1. The zero-order valence-electron chi connectivity index (χ0n) is 19.2. The summed E-state index contributed by atoms with van der Waals surface area (Å²) in [4.78, 5) is 12.9. The third-order valence-corrected chi connectivity index (χ3v) is 7.32. The number of ether oxygens (including phenoxy) is 2. The van der Waals surface area contributed by atoms with Crippen molar-refractivity contribution in [3.8, 4) is 11.5 Å². The van der Waals surface area contributed by atoms with Gasteiger partial charge in [-0.15, -0.1) is 0 Å². The van der Waals surface area contributed by atoms with E-state index in [0.29, 0.717) is 35.4 Å². The second kappa shape index (κ2) is 10.4. The highest BCUT2D eigenvalue weighted by molar-refractivity contribution is 7.92. The van der Waals surface area contributed by atoms with E-state index in [-0.39, 0.29) is 10.6 Å². The Morgan fingerprint density at radius 3 is 2.46 bits per heavy atom. The Morgan fingerprint density at radius 1 is 1.03 bits per heavy atom. The molecule has 3 aromatic carbocycles. The van der Waals surface area contributed by atoms with Gasteiger partial charge >= 0.3 is 0 Å². The molecule has 4 rings (SSSR count). The van der Waals surface area contributed by atoms with Gasteiger partial charge in [0.2, 0.25) is 0 Å². The van der Waals surface area contributed by atoms with E-state index in [1.165, 1.54) is 18.2 Å². The van der Waals surface area contributed by atoms with Crippen LogP contribution in [0, 0.1) is 6.92 Å². The average molecular weight is 514 g/mol. The number of carbonyl (C=O) groups excluding carboxylic acids is 1. The lowest BCUT2D eigenvalue weighted by molar-refractivity contribution is -0.119. The van der Waals surface area contributed by atoms with Gasteiger partial charge in [-0.3, -0.25) is 9.10 Å². The van der Waals surface area contributed by atoms with Crippen molar-refractivity contribution in [2.75, 3.05) is 24.1 Å². The molecule has 8 nitrogen and oxygen atoms in total. The van der Waals surface area contributed by atoms with Gasteiger partial charge in [-0.2, -0.15) is 5.10 Å². The maximum atomic E-state index is 13.4. The molecular weight excluding hydrogens is 490 g/mol. The average Bonchev–Trinajstić information content (AvgIpc) is 2.85. The fourth-order valence-electron chi connectivity index (χ4n) is 3.43. The summed E-state index contributed by atoms with van der Waals surface area (Å²) >= 11 is 6.10. The predicted molar refractivity (Wildman–Crippen MR) is 135 cm³/mol. The van der Waals surface area contributed by atoms with Gasteiger partial charge in [0.1, 0.15) is 19.8 Å². The van der Waals surface area contributed by atoms with Gasteiger partial charge in [0.05, 0.1) is 16.3 Å². The number of rotatable bonds is 7. The third-order valence-electron chi connectivity index (χ3n) is 5.30. The summed E-state index contributed by atoms with van der Waals surface area (Å²) < 4.78 is 39.0. The van der Waals surface area contributed by atoms with Crippen molar-refractivity contribution >= 4 is 38.9 Å². The second-order valence-electron chi connectivity index (χ2n) is 7.90. The fourth-order valence-corrected chi connectivity index (χ4v) is 5.03. The first-order valence-corrected chi connectivity index (χ1v) is 12.6. The highest BCUT2D eigenvalue weighted by Gasteiger charge is 2.27. The zero-order valence-corrected chi connectivity index (χ0v) is 20.8. The largest absolute Gasteiger partial charge is 0.486 e. The van der Waals surface area contributed by atoms with Crippen molar-refractivity contribution in [2.45, 2.75) is 18.7 Å². The molecule has 1 N–H and O–H groups in total. The first-order valence-electron chi connectivity index (χ1n) is 10.8. The zero-order chi connectivity index (χ0) is 25.0. The first kappa shape index (κ1) is 24.6. The van der Waals surface area contributed by atoms with Crippen molar-refractivity contribution in [2.24, 2.45) is 5.10 Å². The molecule has 0 atom stereocenters. The van der Waals surface area contributed by atoms with E-state index in [9.17, 15) is 13.2 Å². The Balaban J connectivity index is 1.56. The molecular formula is C25H24ClN3O5S. The quantitative estimate of drug-likeness (QED) is 0.378. The molecule has 182 valence electrons. The van der Waals surface area contributed by atoms with Gasteiger partial charge in [0.25, 0.3) is 15.9 Å². The van der Waals surface area contributed by atoms with E-state index in [2.05, 4.69) is 10.5 Å². The topological polar surface area (TPSA) is 97.3 Å². The van der Waals surface area contributed by atoms with Crippen molar-refractivity contribution in [3.05, 3.63) is 82.9 Å². The maximum absolute atomic E-state index is 13.4. The van der Waals surface area contributed by atoms with Crippen molar-refractivity contribution in [1.82, 2.24) is 5.43 Å². The molecule has 3 aromatic rings. The molecule has 0 saturated carbocycles. The monoisotopic (exact) mass is 513 g/mol. The van der Waals surface area contributed by atoms with E-state index in [1.54, 1.807) is 55.5 Å². The summed E-state index contributed by atoms with van der Waals surface area (Å²) in [6.45, 7) is 4.04. The van der Waals surface area contributed by atoms with Crippen LogP contribution < -0.4 is 19.2 Å². The number of anilines is 1. The summed E-state index contributed by atoms with van der Waals surface area (Å²) in [5, 5.41) is 4.49. The van der Waals surface area contributed by atoms with Crippen LogP contribution in [0.5, 0.6) is 11.5 Å². The van der Waals surface area contributed by atoms with E-state index in [4.69, 9.17) is 21.1 Å².